The average Bonchev–Trinajstić information content (AvgIpc) is 2.32. The lowest BCUT2D eigenvalue weighted by molar-refractivity contribution is 0.0694. The van der Waals surface area contributed by atoms with Crippen molar-refractivity contribution in [3.8, 4) is 11.5 Å². The van der Waals surface area contributed by atoms with Gasteiger partial charge in [0.05, 0.1) is 0 Å². The summed E-state index contributed by atoms with van der Waals surface area (Å²) in [4.78, 5) is 11.2. The van der Waals surface area contributed by atoms with Crippen LogP contribution in [0.15, 0.2) is 40.9 Å². The van der Waals surface area contributed by atoms with Gasteiger partial charge < -0.3 is 9.84 Å². The molecular formula is C15H13BrO3. The molecule has 0 aliphatic carbocycles. The van der Waals surface area contributed by atoms with Crippen LogP contribution in [0, 0.1) is 13.8 Å². The molecule has 0 atom stereocenters. The minimum absolute atomic E-state index is 0.160. The standard InChI is InChI=1S/C15H13BrO3/c1-9-3-5-12(15(17)18)14(7-9)19-13-6-4-11(16)8-10(13)2/h3-8H,1-2H3,(H,17,18). The Bertz CT molecular complexity index is 635. The summed E-state index contributed by atoms with van der Waals surface area (Å²) in [6, 6.07) is 10.6. The van der Waals surface area contributed by atoms with Crippen LogP contribution < -0.4 is 4.74 Å². The maximum absolute atomic E-state index is 11.2. The highest BCUT2D eigenvalue weighted by molar-refractivity contribution is 9.10. The summed E-state index contributed by atoms with van der Waals surface area (Å²) in [5.41, 5.74) is 2.05. The number of hydrogen-bond donors (Lipinski definition) is 1. The number of carbonyl (C=O) groups is 1. The SMILES string of the molecule is Cc1ccc(C(=O)O)c(Oc2ccc(Br)cc2C)c1. The molecule has 2 aromatic rings. The van der Waals surface area contributed by atoms with Crippen molar-refractivity contribution in [2.24, 2.45) is 0 Å². The molecule has 0 heterocycles. The van der Waals surface area contributed by atoms with Crippen molar-refractivity contribution < 1.29 is 14.6 Å². The number of hydrogen-bond acceptors (Lipinski definition) is 2. The molecule has 0 unspecified atom stereocenters. The van der Waals surface area contributed by atoms with Crippen molar-refractivity contribution in [2.45, 2.75) is 13.8 Å². The first-order valence-electron chi connectivity index (χ1n) is 5.75. The van der Waals surface area contributed by atoms with Gasteiger partial charge >= 0.3 is 5.97 Å². The van der Waals surface area contributed by atoms with Crippen LogP contribution in [-0.4, -0.2) is 11.1 Å². The van der Waals surface area contributed by atoms with Crippen LogP contribution in [-0.2, 0) is 0 Å². The summed E-state index contributed by atoms with van der Waals surface area (Å²) in [6.07, 6.45) is 0. The van der Waals surface area contributed by atoms with E-state index < -0.39 is 5.97 Å². The van der Waals surface area contributed by atoms with E-state index in [0.29, 0.717) is 11.5 Å². The Morgan fingerprint density at radius 2 is 1.84 bits per heavy atom. The summed E-state index contributed by atoms with van der Waals surface area (Å²) in [5.74, 6) is 0.0130. The molecule has 98 valence electrons. The van der Waals surface area contributed by atoms with E-state index in [1.165, 1.54) is 0 Å². The fourth-order valence-electron chi connectivity index (χ4n) is 1.74. The largest absolute Gasteiger partial charge is 0.478 e. The molecule has 0 saturated carbocycles. The molecule has 0 spiro atoms. The van der Waals surface area contributed by atoms with E-state index in [0.717, 1.165) is 15.6 Å². The molecule has 0 radical (unpaired) electrons. The molecule has 0 aliphatic rings. The number of aryl methyl sites for hydroxylation is 2. The Balaban J connectivity index is 2.42. The molecule has 0 amide bonds. The Labute approximate surface area is 120 Å². The number of benzene rings is 2. The van der Waals surface area contributed by atoms with Gasteiger partial charge in [-0.1, -0.05) is 22.0 Å². The predicted molar refractivity (Wildman–Crippen MR) is 77.1 cm³/mol. The van der Waals surface area contributed by atoms with Crippen LogP contribution in [0.3, 0.4) is 0 Å². The van der Waals surface area contributed by atoms with Crippen molar-refractivity contribution in [1.82, 2.24) is 0 Å². The van der Waals surface area contributed by atoms with E-state index in [4.69, 9.17) is 9.84 Å². The van der Waals surface area contributed by atoms with E-state index in [2.05, 4.69) is 15.9 Å². The van der Waals surface area contributed by atoms with E-state index in [9.17, 15) is 4.79 Å². The number of halogens is 1. The highest BCUT2D eigenvalue weighted by Crippen LogP contribution is 2.30. The summed E-state index contributed by atoms with van der Waals surface area (Å²) >= 11 is 3.38. The number of rotatable bonds is 3. The fourth-order valence-corrected chi connectivity index (χ4v) is 2.21. The molecule has 0 aliphatic heterocycles. The Hall–Kier alpha value is -1.81. The van der Waals surface area contributed by atoms with Crippen LogP contribution in [0.4, 0.5) is 0 Å². The minimum atomic E-state index is -0.996. The van der Waals surface area contributed by atoms with Gasteiger partial charge in [0.2, 0.25) is 0 Å². The number of carboxylic acids is 1. The van der Waals surface area contributed by atoms with Crippen molar-refractivity contribution in [3.63, 3.8) is 0 Å². The molecule has 0 bridgehead atoms. The van der Waals surface area contributed by atoms with E-state index in [1.54, 1.807) is 18.2 Å². The lowest BCUT2D eigenvalue weighted by Crippen LogP contribution is -2.00. The van der Waals surface area contributed by atoms with Gasteiger partial charge in [-0.05, 0) is 55.3 Å². The summed E-state index contributed by atoms with van der Waals surface area (Å²) in [7, 11) is 0. The van der Waals surface area contributed by atoms with E-state index >= 15 is 0 Å². The highest BCUT2D eigenvalue weighted by atomic mass is 79.9. The van der Waals surface area contributed by atoms with Gasteiger partial charge in [-0.2, -0.15) is 0 Å². The monoisotopic (exact) mass is 320 g/mol. The zero-order valence-corrected chi connectivity index (χ0v) is 12.2. The molecule has 0 aromatic heterocycles. The van der Waals surface area contributed by atoms with Gasteiger partial charge in [-0.15, -0.1) is 0 Å². The van der Waals surface area contributed by atoms with Gasteiger partial charge in [0.1, 0.15) is 17.1 Å². The van der Waals surface area contributed by atoms with Crippen molar-refractivity contribution in [3.05, 3.63) is 57.6 Å². The second-order valence-corrected chi connectivity index (χ2v) is 5.23. The number of ether oxygens (including phenoxy) is 1. The van der Waals surface area contributed by atoms with E-state index in [-0.39, 0.29) is 5.56 Å². The molecular weight excluding hydrogens is 308 g/mol. The van der Waals surface area contributed by atoms with Crippen molar-refractivity contribution >= 4 is 21.9 Å². The Morgan fingerprint density at radius 3 is 2.47 bits per heavy atom. The molecule has 0 saturated heterocycles. The van der Waals surface area contributed by atoms with Crippen molar-refractivity contribution in [2.75, 3.05) is 0 Å². The van der Waals surface area contributed by atoms with Gasteiger partial charge in [0.25, 0.3) is 0 Å². The zero-order valence-electron chi connectivity index (χ0n) is 10.6. The predicted octanol–water partition coefficient (Wildman–Crippen LogP) is 4.56. The first-order valence-corrected chi connectivity index (χ1v) is 6.54. The molecule has 4 heteroatoms. The third-order valence-corrected chi connectivity index (χ3v) is 3.22. The van der Waals surface area contributed by atoms with Crippen LogP contribution >= 0.6 is 15.9 Å². The maximum Gasteiger partial charge on any atom is 0.339 e. The summed E-state index contributed by atoms with van der Waals surface area (Å²) < 4.78 is 6.69. The third-order valence-electron chi connectivity index (χ3n) is 2.72. The molecule has 3 nitrogen and oxygen atoms in total. The van der Waals surface area contributed by atoms with Crippen LogP contribution in [0.25, 0.3) is 0 Å². The smallest absolute Gasteiger partial charge is 0.339 e. The van der Waals surface area contributed by atoms with Gasteiger partial charge in [-0.25, -0.2) is 4.79 Å². The third kappa shape index (κ3) is 3.15. The number of aromatic carboxylic acids is 1. The highest BCUT2D eigenvalue weighted by Gasteiger charge is 2.13. The molecule has 2 aromatic carbocycles. The molecule has 1 N–H and O–H groups in total. The zero-order chi connectivity index (χ0) is 14.0. The second-order valence-electron chi connectivity index (χ2n) is 4.32. The Morgan fingerprint density at radius 1 is 1.11 bits per heavy atom. The molecule has 0 fully saturated rings. The molecule has 19 heavy (non-hydrogen) atoms. The maximum atomic E-state index is 11.2. The van der Waals surface area contributed by atoms with Gasteiger partial charge in [0.15, 0.2) is 0 Å². The summed E-state index contributed by atoms with van der Waals surface area (Å²) in [5, 5.41) is 9.16. The normalized spacial score (nSPS) is 10.3. The first-order chi connectivity index (χ1) is 8.97. The lowest BCUT2D eigenvalue weighted by atomic mass is 10.1. The number of carboxylic acid groups (broad SMARTS) is 1. The van der Waals surface area contributed by atoms with Gasteiger partial charge in [-0.3, -0.25) is 0 Å². The second kappa shape index (κ2) is 5.45. The Kier molecular flexibility index (Phi) is 3.90. The topological polar surface area (TPSA) is 46.5 Å². The first kappa shape index (κ1) is 13.6. The van der Waals surface area contributed by atoms with Crippen molar-refractivity contribution in [1.29, 1.82) is 0 Å². The molecule has 2 rings (SSSR count). The quantitative estimate of drug-likeness (QED) is 0.902. The average molecular weight is 321 g/mol. The fraction of sp³-hybridized carbons (Fsp3) is 0.133. The van der Waals surface area contributed by atoms with Crippen LogP contribution in [0.5, 0.6) is 11.5 Å². The lowest BCUT2D eigenvalue weighted by Gasteiger charge is -2.12. The van der Waals surface area contributed by atoms with Crippen LogP contribution in [0.2, 0.25) is 0 Å². The minimum Gasteiger partial charge on any atom is -0.478 e. The van der Waals surface area contributed by atoms with Crippen LogP contribution in [0.1, 0.15) is 21.5 Å². The van der Waals surface area contributed by atoms with E-state index in [1.807, 2.05) is 32.0 Å². The van der Waals surface area contributed by atoms with Gasteiger partial charge in [0, 0.05) is 4.47 Å². The summed E-state index contributed by atoms with van der Waals surface area (Å²) in [6.45, 7) is 3.81.